The smallest absolute Gasteiger partial charge is 0.410 e. The molecular weight excluding hydrogens is 446 g/mol. The number of ether oxygens (including phenoxy) is 2. The van der Waals surface area contributed by atoms with Gasteiger partial charge in [0.25, 0.3) is 0 Å². The van der Waals surface area contributed by atoms with Crippen LogP contribution in [0.1, 0.15) is 26.3 Å². The number of piperazine rings is 1. The van der Waals surface area contributed by atoms with E-state index in [1.54, 1.807) is 17.2 Å². The molecule has 0 N–H and O–H groups in total. The van der Waals surface area contributed by atoms with E-state index in [9.17, 15) is 18.8 Å². The molecule has 0 saturated carbocycles. The molecule has 1 amide bonds. The summed E-state index contributed by atoms with van der Waals surface area (Å²) in [6.07, 6.45) is 3.96. The first kappa shape index (κ1) is 23.2. The van der Waals surface area contributed by atoms with Crippen LogP contribution in [-0.2, 0) is 4.74 Å². The highest BCUT2D eigenvalue weighted by atomic mass is 19.3. The van der Waals surface area contributed by atoms with Crippen molar-refractivity contribution < 1.29 is 23.0 Å². The van der Waals surface area contributed by atoms with Crippen LogP contribution in [0.2, 0.25) is 0 Å². The molecule has 1 saturated heterocycles. The van der Waals surface area contributed by atoms with E-state index in [2.05, 4.69) is 25.8 Å². The summed E-state index contributed by atoms with van der Waals surface area (Å²) in [5.41, 5.74) is 1.36. The van der Waals surface area contributed by atoms with Gasteiger partial charge in [-0.1, -0.05) is 0 Å². The fourth-order valence-electron chi connectivity index (χ4n) is 3.74. The lowest BCUT2D eigenvalue weighted by Crippen LogP contribution is -2.50. The monoisotopic (exact) mass is 470 g/mol. The third kappa shape index (κ3) is 5.01. The molecule has 34 heavy (non-hydrogen) atoms. The second-order valence-corrected chi connectivity index (χ2v) is 8.79. The number of anilines is 1. The maximum Gasteiger partial charge on any atom is 0.410 e. The Bertz CT molecular complexity index is 1220. The Kier molecular flexibility index (Phi) is 6.24. The lowest BCUT2D eigenvalue weighted by Gasteiger charge is -2.36. The van der Waals surface area contributed by atoms with Gasteiger partial charge in [0.1, 0.15) is 23.2 Å². The van der Waals surface area contributed by atoms with Crippen LogP contribution in [0, 0.1) is 11.3 Å². The number of nitriles is 1. The van der Waals surface area contributed by atoms with E-state index in [1.807, 2.05) is 26.8 Å². The van der Waals surface area contributed by atoms with Gasteiger partial charge < -0.3 is 19.3 Å². The first-order chi connectivity index (χ1) is 16.1. The average molecular weight is 470 g/mol. The number of alkyl halides is 2. The van der Waals surface area contributed by atoms with Gasteiger partial charge in [0.15, 0.2) is 0 Å². The first-order valence-corrected chi connectivity index (χ1v) is 10.7. The number of carbonyl (C=O) groups excluding carboxylic acids is 1. The quantitative estimate of drug-likeness (QED) is 0.570. The van der Waals surface area contributed by atoms with Crippen molar-refractivity contribution in [2.75, 3.05) is 31.1 Å². The zero-order valence-electron chi connectivity index (χ0n) is 19.0. The lowest BCUT2D eigenvalue weighted by atomic mass is 10.1. The van der Waals surface area contributed by atoms with E-state index in [-0.39, 0.29) is 11.8 Å². The molecule has 0 bridgehead atoms. The zero-order valence-corrected chi connectivity index (χ0v) is 19.0. The number of pyridine rings is 2. The second-order valence-electron chi connectivity index (χ2n) is 8.79. The molecule has 9 nitrogen and oxygen atoms in total. The molecule has 3 aromatic heterocycles. The van der Waals surface area contributed by atoms with Crippen LogP contribution in [-0.4, -0.2) is 64.0 Å². The minimum atomic E-state index is -2.99. The summed E-state index contributed by atoms with van der Waals surface area (Å²) >= 11 is 0. The maximum absolute atomic E-state index is 12.8. The molecule has 3 aromatic rings. The Labute approximate surface area is 195 Å². The van der Waals surface area contributed by atoms with Crippen molar-refractivity contribution in [2.24, 2.45) is 0 Å². The fraction of sp³-hybridized carbons (Fsp3) is 0.391. The number of fused-ring (bicyclic) bond motifs is 1. The molecule has 4 rings (SSSR count). The number of amides is 1. The zero-order chi connectivity index (χ0) is 24.5. The van der Waals surface area contributed by atoms with Crippen LogP contribution in [0.15, 0.2) is 36.8 Å². The maximum atomic E-state index is 12.8. The van der Waals surface area contributed by atoms with Crippen LogP contribution < -0.4 is 9.64 Å². The lowest BCUT2D eigenvalue weighted by molar-refractivity contribution is -0.0501. The third-order valence-corrected chi connectivity index (χ3v) is 5.25. The predicted molar refractivity (Wildman–Crippen MR) is 120 cm³/mol. The summed E-state index contributed by atoms with van der Waals surface area (Å²) in [5.74, 6) is 0.644. The number of hydrogen-bond donors (Lipinski definition) is 0. The Morgan fingerprint density at radius 2 is 1.91 bits per heavy atom. The Hall–Kier alpha value is -3.94. The SMILES string of the molecule is CC(C)(C)OC(=O)N1CCN(c2ccc(-c3cc(OC(F)F)cn4ncc(C#N)c34)cn2)CC1. The Morgan fingerprint density at radius 1 is 1.18 bits per heavy atom. The van der Waals surface area contributed by atoms with Crippen molar-refractivity contribution in [3.8, 4) is 22.9 Å². The van der Waals surface area contributed by atoms with Crippen LogP contribution in [0.3, 0.4) is 0 Å². The molecule has 0 spiro atoms. The summed E-state index contributed by atoms with van der Waals surface area (Å²) in [4.78, 5) is 20.5. The molecule has 1 aliphatic rings. The highest BCUT2D eigenvalue weighted by Gasteiger charge is 2.26. The van der Waals surface area contributed by atoms with E-state index in [4.69, 9.17) is 4.74 Å². The second kappa shape index (κ2) is 9.13. The van der Waals surface area contributed by atoms with Crippen LogP contribution in [0.25, 0.3) is 16.6 Å². The molecular formula is C23H24F2N6O3. The number of nitrogens with zero attached hydrogens (tertiary/aromatic N) is 6. The number of halogens is 2. The molecule has 1 fully saturated rings. The number of aromatic nitrogens is 3. The molecule has 0 unspecified atom stereocenters. The van der Waals surface area contributed by atoms with Crippen molar-refractivity contribution in [3.63, 3.8) is 0 Å². The van der Waals surface area contributed by atoms with Gasteiger partial charge in [0.2, 0.25) is 0 Å². The highest BCUT2D eigenvalue weighted by Crippen LogP contribution is 2.32. The van der Waals surface area contributed by atoms with Crippen LogP contribution in [0.4, 0.5) is 19.4 Å². The largest absolute Gasteiger partial charge is 0.444 e. The minimum Gasteiger partial charge on any atom is -0.444 e. The summed E-state index contributed by atoms with van der Waals surface area (Å²) in [5, 5.41) is 13.5. The van der Waals surface area contributed by atoms with E-state index >= 15 is 0 Å². The van der Waals surface area contributed by atoms with Crippen LogP contribution >= 0.6 is 0 Å². The van der Waals surface area contributed by atoms with Crippen molar-refractivity contribution >= 4 is 17.4 Å². The van der Waals surface area contributed by atoms with Gasteiger partial charge >= 0.3 is 12.7 Å². The van der Waals surface area contributed by atoms with E-state index in [0.717, 1.165) is 5.82 Å². The topological polar surface area (TPSA) is 96.0 Å². The molecule has 0 aromatic carbocycles. The average Bonchev–Trinajstić information content (AvgIpc) is 3.20. The normalized spacial score (nSPS) is 14.4. The fourth-order valence-corrected chi connectivity index (χ4v) is 3.74. The molecule has 0 atom stereocenters. The molecule has 4 heterocycles. The number of rotatable bonds is 4. The Balaban J connectivity index is 1.54. The van der Waals surface area contributed by atoms with Crippen molar-refractivity contribution in [1.29, 1.82) is 5.26 Å². The van der Waals surface area contributed by atoms with E-state index < -0.39 is 12.2 Å². The number of hydrogen-bond acceptors (Lipinski definition) is 7. The van der Waals surface area contributed by atoms with Crippen molar-refractivity contribution in [1.82, 2.24) is 19.5 Å². The van der Waals surface area contributed by atoms with Gasteiger partial charge in [-0.3, -0.25) is 0 Å². The van der Waals surface area contributed by atoms with Gasteiger partial charge in [-0.15, -0.1) is 0 Å². The molecule has 1 aliphatic heterocycles. The van der Waals surface area contributed by atoms with Gasteiger partial charge in [0, 0.05) is 43.5 Å². The van der Waals surface area contributed by atoms with E-state index in [0.29, 0.717) is 48.4 Å². The van der Waals surface area contributed by atoms with Crippen LogP contribution in [0.5, 0.6) is 5.75 Å². The van der Waals surface area contributed by atoms with E-state index in [1.165, 1.54) is 23.0 Å². The molecule has 11 heteroatoms. The van der Waals surface area contributed by atoms with Gasteiger partial charge in [-0.2, -0.15) is 19.1 Å². The van der Waals surface area contributed by atoms with Crippen molar-refractivity contribution in [3.05, 3.63) is 42.4 Å². The summed E-state index contributed by atoms with van der Waals surface area (Å²) < 4.78 is 36.9. The number of carbonyl (C=O) groups is 1. The van der Waals surface area contributed by atoms with Gasteiger partial charge in [-0.25, -0.2) is 14.3 Å². The third-order valence-electron chi connectivity index (χ3n) is 5.25. The van der Waals surface area contributed by atoms with Gasteiger partial charge in [0.05, 0.1) is 23.5 Å². The summed E-state index contributed by atoms with van der Waals surface area (Å²) in [7, 11) is 0. The molecule has 0 aliphatic carbocycles. The molecule has 178 valence electrons. The minimum absolute atomic E-state index is 0.0765. The predicted octanol–water partition coefficient (Wildman–Crippen LogP) is 3.93. The molecule has 0 radical (unpaired) electrons. The summed E-state index contributed by atoms with van der Waals surface area (Å²) in [6, 6.07) is 7.13. The first-order valence-electron chi connectivity index (χ1n) is 10.7. The highest BCUT2D eigenvalue weighted by molar-refractivity contribution is 5.85. The van der Waals surface area contributed by atoms with Crippen molar-refractivity contribution in [2.45, 2.75) is 33.0 Å². The standard InChI is InChI=1S/C23H24F2N6O3/c1-23(2,3)34-22(32)30-8-6-29(7-9-30)19-5-4-15(12-27-19)18-10-17(33-21(24)25)14-31-20(18)16(11-26)13-28-31/h4-5,10,12-14,21H,6-9H2,1-3H3. The Morgan fingerprint density at radius 3 is 2.50 bits per heavy atom. The summed E-state index contributed by atoms with van der Waals surface area (Å²) in [6.45, 7) is 4.71. The van der Waals surface area contributed by atoms with Gasteiger partial charge in [-0.05, 0) is 39.0 Å².